The first kappa shape index (κ1) is 60.4. The van der Waals surface area contributed by atoms with Crippen LogP contribution in [0.3, 0.4) is 0 Å². The number of aromatic hydroxyl groups is 1. The number of anilines is 2. The van der Waals surface area contributed by atoms with Crippen molar-refractivity contribution in [3.63, 3.8) is 0 Å². The van der Waals surface area contributed by atoms with Crippen LogP contribution in [0.5, 0.6) is 11.5 Å². The van der Waals surface area contributed by atoms with Gasteiger partial charge in [-0.05, 0) is 164 Å². The third-order valence-electron chi connectivity index (χ3n) is 11.4. The lowest BCUT2D eigenvalue weighted by Crippen LogP contribution is -2.13. The highest BCUT2D eigenvalue weighted by molar-refractivity contribution is 6.05. The van der Waals surface area contributed by atoms with Crippen molar-refractivity contribution in [2.75, 3.05) is 10.6 Å². The van der Waals surface area contributed by atoms with Crippen molar-refractivity contribution in [1.82, 2.24) is 40.8 Å². The zero-order chi connectivity index (χ0) is 57.2. The lowest BCUT2D eigenvalue weighted by molar-refractivity contribution is 0.101. The summed E-state index contributed by atoms with van der Waals surface area (Å²) in [6.45, 7) is 10.4. The second-order valence-corrected chi connectivity index (χ2v) is 17.3. The Labute approximate surface area is 466 Å². The Bertz CT molecular complexity index is 3360. The van der Waals surface area contributed by atoms with E-state index in [2.05, 4.69) is 69.6 Å². The van der Waals surface area contributed by atoms with Gasteiger partial charge in [0.25, 0.3) is 11.8 Å². The quantitative estimate of drug-likeness (QED) is 0.0884. The molecule has 404 valence electrons. The average molecular weight is 1070 g/mol. The number of aryl methyl sites for hydroxylation is 3. The van der Waals surface area contributed by atoms with Gasteiger partial charge in [-0.2, -0.15) is 40.8 Å². The van der Waals surface area contributed by atoms with Gasteiger partial charge >= 0.3 is 0 Å². The van der Waals surface area contributed by atoms with E-state index in [1.807, 2.05) is 132 Å². The number of phenolic OH excluding ortho intramolecular Hbond substituents is 1. The third-order valence-corrected chi connectivity index (χ3v) is 11.4. The van der Waals surface area contributed by atoms with Crippen LogP contribution in [0, 0.1) is 34.6 Å². The SMILES string of the molecule is C(=C\c1ccnnc1)/c1ccccc1.Cc1cccc(NC(=O)c2ccc(O)cc2)c1C.Cc1cccc(NC(=O)c2ccc(OCc3ccnnc3)cc2)c1C.Cc1ccnnc1.O=Cc1ccccc1.OCc1ccnnc1. The highest BCUT2D eigenvalue weighted by Crippen LogP contribution is 2.21. The molecule has 16 heteroatoms. The number of hydrogen-bond donors (Lipinski definition) is 4. The molecule has 2 amide bonds. The van der Waals surface area contributed by atoms with Gasteiger partial charge in [0.1, 0.15) is 24.4 Å². The van der Waals surface area contributed by atoms with Gasteiger partial charge in [-0.1, -0.05) is 97.1 Å². The van der Waals surface area contributed by atoms with Crippen LogP contribution < -0.4 is 15.4 Å². The predicted octanol–water partition coefficient (Wildman–Crippen LogP) is 12.1. The zero-order valence-electron chi connectivity index (χ0n) is 45.0. The second kappa shape index (κ2) is 34.3. The number of aldehydes is 1. The molecule has 4 aromatic heterocycles. The Hall–Kier alpha value is -10.5. The minimum Gasteiger partial charge on any atom is -0.508 e. The fourth-order valence-electron chi connectivity index (χ4n) is 6.50. The minimum absolute atomic E-state index is 0.0372. The number of phenols is 1. The minimum atomic E-state index is -0.177. The standard InChI is InChI=1S/C20H19N3O2.C15H15NO2.C12H10N2.C7H6O.C5H6N2O.C5H6N2/c1-14-4-3-5-19(15(14)2)23-20(24)17-6-8-18(9-7-17)25-13-16-10-11-21-22-12-16;1-10-4-3-5-14(11(10)2)16-15(18)12-6-8-13(17)9-7-12;1-2-4-11(5-3-1)6-7-12-8-9-13-14-10-12;8-6-7-4-2-1-3-5-7;8-4-5-1-2-6-7-3-5;1-5-2-3-6-7-4-5/h3-12H,13H2,1-2H3,(H,23,24);3-9,17H,1-2H3,(H,16,18);1-10H;1-6H;1-3,8H,4H2;2-4H,1H3/b;;7-6+;;;. The molecule has 10 rings (SSSR count). The topological polar surface area (TPSA) is 228 Å². The number of rotatable bonds is 11. The smallest absolute Gasteiger partial charge is 0.255 e. The maximum absolute atomic E-state index is 12.4. The summed E-state index contributed by atoms with van der Waals surface area (Å²) < 4.78 is 5.68. The van der Waals surface area contributed by atoms with Crippen LogP contribution >= 0.6 is 0 Å². The number of aliphatic hydroxyl groups excluding tert-OH is 1. The monoisotopic (exact) mass is 1070 g/mol. The Morgan fingerprint density at radius 3 is 1.34 bits per heavy atom. The third kappa shape index (κ3) is 22.4. The van der Waals surface area contributed by atoms with Crippen LogP contribution in [-0.2, 0) is 13.2 Å². The number of nitrogens with one attached hydrogen (secondary N) is 2. The molecule has 0 bridgehead atoms. The average Bonchev–Trinajstić information content (AvgIpc) is 3.51. The van der Waals surface area contributed by atoms with Crippen molar-refractivity contribution in [3.05, 3.63) is 286 Å². The first-order valence-corrected chi connectivity index (χ1v) is 25.0. The summed E-state index contributed by atoms with van der Waals surface area (Å²) in [6, 6.07) is 51.6. The van der Waals surface area contributed by atoms with Crippen LogP contribution in [-0.4, -0.2) is 69.1 Å². The molecule has 0 aliphatic heterocycles. The van der Waals surface area contributed by atoms with Crippen molar-refractivity contribution in [2.24, 2.45) is 0 Å². The molecule has 0 fully saturated rings. The van der Waals surface area contributed by atoms with Gasteiger partial charge in [0.2, 0.25) is 0 Å². The van der Waals surface area contributed by atoms with Crippen LogP contribution in [0.2, 0.25) is 0 Å². The Morgan fingerprint density at radius 1 is 0.463 bits per heavy atom. The molecule has 0 aliphatic carbocycles. The van der Waals surface area contributed by atoms with Crippen molar-refractivity contribution in [2.45, 2.75) is 47.8 Å². The number of nitrogens with zero attached hydrogens (tertiary/aromatic N) is 8. The second-order valence-electron chi connectivity index (χ2n) is 17.3. The summed E-state index contributed by atoms with van der Waals surface area (Å²) in [5, 5.41) is 52.8. The largest absolute Gasteiger partial charge is 0.508 e. The first-order valence-electron chi connectivity index (χ1n) is 25.0. The summed E-state index contributed by atoms with van der Waals surface area (Å²) >= 11 is 0. The van der Waals surface area contributed by atoms with Gasteiger partial charge in [0, 0.05) is 52.2 Å². The first-order chi connectivity index (χ1) is 38.9. The number of ether oxygens (including phenoxy) is 1. The maximum atomic E-state index is 12.4. The molecule has 4 N–H and O–H groups in total. The van der Waals surface area contributed by atoms with Crippen LogP contribution in [0.4, 0.5) is 11.4 Å². The van der Waals surface area contributed by atoms with E-state index in [4.69, 9.17) is 9.84 Å². The molecule has 16 nitrogen and oxygen atoms in total. The summed E-state index contributed by atoms with van der Waals surface area (Å²) in [5.41, 5.74) is 13.0. The van der Waals surface area contributed by atoms with Crippen LogP contribution in [0.15, 0.2) is 219 Å². The van der Waals surface area contributed by atoms with Crippen molar-refractivity contribution < 1.29 is 29.3 Å². The molecular weight excluding hydrogens is 1000 g/mol. The molecule has 0 unspecified atom stereocenters. The normalized spacial score (nSPS) is 9.88. The highest BCUT2D eigenvalue weighted by Gasteiger charge is 2.10. The van der Waals surface area contributed by atoms with Crippen molar-refractivity contribution in [3.8, 4) is 11.5 Å². The molecule has 6 aromatic carbocycles. The lowest BCUT2D eigenvalue weighted by atomic mass is 10.1. The molecule has 0 atom stereocenters. The maximum Gasteiger partial charge on any atom is 0.255 e. The Morgan fingerprint density at radius 2 is 0.925 bits per heavy atom. The van der Waals surface area contributed by atoms with E-state index in [0.717, 1.165) is 67.7 Å². The number of aliphatic hydroxyl groups is 1. The summed E-state index contributed by atoms with van der Waals surface area (Å²) in [5.74, 6) is 0.528. The summed E-state index contributed by atoms with van der Waals surface area (Å²) in [6.07, 6.45) is 18.1. The molecule has 0 saturated carbocycles. The molecule has 0 spiro atoms. The van der Waals surface area contributed by atoms with Gasteiger partial charge in [0.15, 0.2) is 0 Å². The highest BCUT2D eigenvalue weighted by atomic mass is 16.5. The van der Waals surface area contributed by atoms with Gasteiger partial charge in [-0.15, -0.1) is 0 Å². The molecule has 0 saturated heterocycles. The lowest BCUT2D eigenvalue weighted by Gasteiger charge is -2.11. The van der Waals surface area contributed by atoms with E-state index >= 15 is 0 Å². The van der Waals surface area contributed by atoms with E-state index in [1.54, 1.807) is 98.0 Å². The van der Waals surface area contributed by atoms with Crippen LogP contribution in [0.25, 0.3) is 12.2 Å². The fraction of sp³-hybridized carbons (Fsp3) is 0.109. The van der Waals surface area contributed by atoms with Gasteiger partial charge < -0.3 is 25.6 Å². The Balaban J connectivity index is 0.000000188. The molecule has 80 heavy (non-hydrogen) atoms. The van der Waals surface area contributed by atoms with Gasteiger partial charge in [0.05, 0.1) is 37.6 Å². The summed E-state index contributed by atoms with van der Waals surface area (Å²) in [7, 11) is 0. The molecule has 4 heterocycles. The molecular formula is C64H62N10O6. The summed E-state index contributed by atoms with van der Waals surface area (Å²) in [4.78, 5) is 34.4. The van der Waals surface area contributed by atoms with E-state index < -0.39 is 0 Å². The zero-order valence-corrected chi connectivity index (χ0v) is 45.0. The van der Waals surface area contributed by atoms with E-state index in [9.17, 15) is 19.5 Å². The predicted molar refractivity (Wildman–Crippen MR) is 313 cm³/mol. The number of carbonyl (C=O) groups excluding carboxylic acids is 3. The van der Waals surface area contributed by atoms with Gasteiger partial charge in [-0.25, -0.2) is 0 Å². The van der Waals surface area contributed by atoms with Crippen molar-refractivity contribution in [1.29, 1.82) is 0 Å². The molecule has 0 radical (unpaired) electrons. The van der Waals surface area contributed by atoms with E-state index in [-0.39, 0.29) is 24.2 Å². The number of aromatic nitrogens is 8. The van der Waals surface area contributed by atoms with E-state index in [1.165, 1.54) is 23.9 Å². The Kier molecular flexibility index (Phi) is 25.9. The number of benzene rings is 6. The fourth-order valence-corrected chi connectivity index (χ4v) is 6.50. The number of carbonyl (C=O) groups is 3. The van der Waals surface area contributed by atoms with Crippen molar-refractivity contribution >= 4 is 41.6 Å². The molecule has 10 aromatic rings. The molecule has 0 aliphatic rings. The van der Waals surface area contributed by atoms with Crippen LogP contribution in [0.1, 0.15) is 81.1 Å². The number of hydrogen-bond acceptors (Lipinski definition) is 14. The van der Waals surface area contributed by atoms with Gasteiger partial charge in [-0.3, -0.25) is 14.4 Å². The number of amides is 2. The van der Waals surface area contributed by atoms with E-state index in [0.29, 0.717) is 23.5 Å².